The Hall–Kier alpha value is -1.97. The van der Waals surface area contributed by atoms with Gasteiger partial charge in [0.05, 0.1) is 33.0 Å². The Morgan fingerprint density at radius 3 is 2.24 bits per heavy atom. The number of unbranched alkanes of at least 4 members (excludes halogenated alkanes) is 3. The number of carbonyl (C=O) groups excluding carboxylic acids is 1. The van der Waals surface area contributed by atoms with E-state index in [-0.39, 0.29) is 35.5 Å². The number of ketones is 1. The van der Waals surface area contributed by atoms with E-state index in [1.807, 2.05) is 0 Å². The summed E-state index contributed by atoms with van der Waals surface area (Å²) < 4.78 is 16.1. The zero-order valence-electron chi connectivity index (χ0n) is 19.8. The van der Waals surface area contributed by atoms with Gasteiger partial charge in [0.25, 0.3) is 0 Å². The number of aliphatic hydroxyl groups excluding tert-OH is 1. The second-order valence-electron chi connectivity index (χ2n) is 8.65. The lowest BCUT2D eigenvalue weighted by atomic mass is 9.97. The van der Waals surface area contributed by atoms with Crippen molar-refractivity contribution in [2.75, 3.05) is 27.1 Å². The number of benzene rings is 1. The van der Waals surface area contributed by atoms with Crippen molar-refractivity contribution in [3.63, 3.8) is 0 Å². The average molecular weight is 485 g/mol. The molecule has 0 amide bonds. The first-order chi connectivity index (χ1) is 15.6. The highest BCUT2D eigenvalue weighted by molar-refractivity contribution is 8.00. The average Bonchev–Trinajstić information content (AvgIpc) is 3.05. The first kappa shape index (κ1) is 27.3. The highest BCUT2D eigenvalue weighted by Crippen LogP contribution is 2.43. The molecular formula is C24H36O8S. The lowest BCUT2D eigenvalue weighted by Crippen LogP contribution is -2.30. The number of carboxylic acid groups (broad SMARTS) is 1. The van der Waals surface area contributed by atoms with Crippen molar-refractivity contribution in [3.8, 4) is 17.2 Å². The first-order valence-corrected chi connectivity index (χ1v) is 12.3. The highest BCUT2D eigenvalue weighted by Gasteiger charge is 2.42. The van der Waals surface area contributed by atoms with Crippen LogP contribution in [0.1, 0.15) is 57.4 Å². The van der Waals surface area contributed by atoms with E-state index < -0.39 is 17.7 Å². The summed E-state index contributed by atoms with van der Waals surface area (Å²) in [6.45, 7) is 1.68. The zero-order chi connectivity index (χ0) is 24.6. The zero-order valence-corrected chi connectivity index (χ0v) is 20.7. The number of ether oxygens (including phenoxy) is 3. The van der Waals surface area contributed by atoms with E-state index in [1.165, 1.54) is 33.1 Å². The summed E-state index contributed by atoms with van der Waals surface area (Å²) in [5.74, 6) is 0.587. The van der Waals surface area contributed by atoms with Gasteiger partial charge in [-0.25, -0.2) is 0 Å². The maximum Gasteiger partial charge on any atom is 0.303 e. The van der Waals surface area contributed by atoms with Crippen LogP contribution < -0.4 is 14.2 Å². The predicted octanol–water partition coefficient (Wildman–Crippen LogP) is 3.40. The number of carboxylic acids is 1. The van der Waals surface area contributed by atoms with Crippen molar-refractivity contribution in [2.24, 2.45) is 5.92 Å². The molecule has 1 saturated carbocycles. The van der Waals surface area contributed by atoms with Crippen LogP contribution >= 0.6 is 11.8 Å². The third-order valence-electron chi connectivity index (χ3n) is 6.10. The summed E-state index contributed by atoms with van der Waals surface area (Å²) in [6.07, 6.45) is 3.32. The van der Waals surface area contributed by atoms with Crippen molar-refractivity contribution < 1.29 is 39.1 Å². The SMILES string of the molecule is COc1cc(C(C)(O)CS[C@H]2C(O)CC(=O)[C@@H]2CCCCCCC(=O)O)cc(OC)c1OC. The predicted molar refractivity (Wildman–Crippen MR) is 126 cm³/mol. The number of hydrogen-bond donors (Lipinski definition) is 3. The van der Waals surface area contributed by atoms with Gasteiger partial charge in [0.1, 0.15) is 5.78 Å². The summed E-state index contributed by atoms with van der Waals surface area (Å²) in [5, 5.41) is 30.1. The summed E-state index contributed by atoms with van der Waals surface area (Å²) in [6, 6.07) is 3.40. The van der Waals surface area contributed by atoms with Crippen LogP contribution in [0.25, 0.3) is 0 Å². The number of thioether (sulfide) groups is 1. The van der Waals surface area contributed by atoms with Gasteiger partial charge in [-0.05, 0) is 37.5 Å². The minimum absolute atomic E-state index is 0.0537. The molecule has 8 nitrogen and oxygen atoms in total. The largest absolute Gasteiger partial charge is 0.493 e. The number of carbonyl (C=O) groups is 2. The summed E-state index contributed by atoms with van der Waals surface area (Å²) in [5.41, 5.74) is -0.678. The van der Waals surface area contributed by atoms with Crippen LogP contribution in [-0.2, 0) is 15.2 Å². The molecule has 0 aromatic heterocycles. The molecule has 0 radical (unpaired) electrons. The Labute approximate surface area is 199 Å². The normalized spacial score (nSPS) is 22.1. The van der Waals surface area contributed by atoms with Crippen LogP contribution in [0.15, 0.2) is 12.1 Å². The van der Waals surface area contributed by atoms with Crippen molar-refractivity contribution in [2.45, 2.75) is 68.8 Å². The van der Waals surface area contributed by atoms with Crippen LogP contribution in [-0.4, -0.2) is 65.5 Å². The smallest absolute Gasteiger partial charge is 0.303 e. The summed E-state index contributed by atoms with van der Waals surface area (Å²) >= 11 is 1.40. The van der Waals surface area contributed by atoms with Crippen LogP contribution in [0.3, 0.4) is 0 Å². The first-order valence-electron chi connectivity index (χ1n) is 11.2. The van der Waals surface area contributed by atoms with Crippen molar-refractivity contribution in [3.05, 3.63) is 17.7 Å². The number of aliphatic hydroxyl groups is 2. The van der Waals surface area contributed by atoms with E-state index in [0.29, 0.717) is 35.7 Å². The van der Waals surface area contributed by atoms with Crippen molar-refractivity contribution in [1.82, 2.24) is 0 Å². The molecule has 1 fully saturated rings. The monoisotopic (exact) mass is 484 g/mol. The Morgan fingerprint density at radius 2 is 1.70 bits per heavy atom. The highest BCUT2D eigenvalue weighted by atomic mass is 32.2. The minimum atomic E-state index is -1.26. The van der Waals surface area contributed by atoms with E-state index in [2.05, 4.69) is 0 Å². The van der Waals surface area contributed by atoms with E-state index in [0.717, 1.165) is 19.3 Å². The van der Waals surface area contributed by atoms with Crippen molar-refractivity contribution >= 4 is 23.5 Å². The molecule has 0 aliphatic heterocycles. The molecule has 0 spiro atoms. The fourth-order valence-corrected chi connectivity index (χ4v) is 5.73. The molecule has 1 aromatic rings. The van der Waals surface area contributed by atoms with Gasteiger partial charge in [-0.3, -0.25) is 9.59 Å². The van der Waals surface area contributed by atoms with E-state index in [1.54, 1.807) is 19.1 Å². The van der Waals surface area contributed by atoms with Gasteiger partial charge in [-0.1, -0.05) is 19.3 Å². The molecule has 3 N–H and O–H groups in total. The Bertz CT molecular complexity index is 785. The molecule has 1 aromatic carbocycles. The number of methoxy groups -OCH3 is 3. The van der Waals surface area contributed by atoms with Crippen LogP contribution in [0.4, 0.5) is 0 Å². The van der Waals surface area contributed by atoms with Gasteiger partial charge in [0.15, 0.2) is 11.5 Å². The Kier molecular flexibility index (Phi) is 10.3. The van der Waals surface area contributed by atoms with Crippen LogP contribution in [0, 0.1) is 5.92 Å². The topological polar surface area (TPSA) is 123 Å². The maximum atomic E-state index is 12.5. The molecule has 1 aliphatic rings. The lowest BCUT2D eigenvalue weighted by Gasteiger charge is -2.29. The molecule has 2 unspecified atom stereocenters. The number of aliphatic carboxylic acids is 1. The fourth-order valence-electron chi connectivity index (χ4n) is 4.21. The molecule has 1 aliphatic carbocycles. The Morgan fingerprint density at radius 1 is 1.09 bits per heavy atom. The van der Waals surface area contributed by atoms with E-state index >= 15 is 0 Å². The molecule has 0 bridgehead atoms. The van der Waals surface area contributed by atoms with Gasteiger partial charge < -0.3 is 29.5 Å². The van der Waals surface area contributed by atoms with Gasteiger partial charge in [-0.15, -0.1) is 0 Å². The van der Waals surface area contributed by atoms with Gasteiger partial charge in [0.2, 0.25) is 5.75 Å². The molecule has 0 heterocycles. The maximum absolute atomic E-state index is 12.5. The van der Waals surface area contributed by atoms with Gasteiger partial charge in [-0.2, -0.15) is 11.8 Å². The molecule has 4 atom stereocenters. The van der Waals surface area contributed by atoms with Crippen molar-refractivity contribution in [1.29, 1.82) is 0 Å². The number of rotatable bonds is 14. The number of Topliss-reactive ketones (excluding diaryl/α,β-unsaturated/α-hetero) is 1. The van der Waals surface area contributed by atoms with Gasteiger partial charge in [0, 0.05) is 29.8 Å². The second-order valence-corrected chi connectivity index (χ2v) is 9.82. The quantitative estimate of drug-likeness (QED) is 0.341. The molecule has 9 heteroatoms. The third kappa shape index (κ3) is 7.25. The molecule has 0 saturated heterocycles. The lowest BCUT2D eigenvalue weighted by molar-refractivity contribution is -0.137. The third-order valence-corrected chi connectivity index (χ3v) is 7.86. The van der Waals surface area contributed by atoms with Crippen LogP contribution in [0.2, 0.25) is 0 Å². The van der Waals surface area contributed by atoms with E-state index in [4.69, 9.17) is 19.3 Å². The number of hydrogen-bond acceptors (Lipinski definition) is 8. The van der Waals surface area contributed by atoms with E-state index in [9.17, 15) is 19.8 Å². The fraction of sp³-hybridized carbons (Fsp3) is 0.667. The molecule has 33 heavy (non-hydrogen) atoms. The molecule has 2 rings (SSSR count). The standard InChI is InChI=1S/C24H36O8S/c1-24(29,15-11-19(30-2)22(32-4)20(12-15)31-3)14-33-23-16(17(25)13-18(23)26)9-7-5-6-8-10-21(27)28/h11-12,16,18,23,26,29H,5-10,13-14H2,1-4H3,(H,27,28)/t16-,18?,23+,24?/m0/s1. The van der Waals surface area contributed by atoms with Gasteiger partial charge >= 0.3 is 5.97 Å². The summed E-state index contributed by atoms with van der Waals surface area (Å²) in [4.78, 5) is 23.1. The molecule has 186 valence electrons. The summed E-state index contributed by atoms with van der Waals surface area (Å²) in [7, 11) is 4.54. The van der Waals surface area contributed by atoms with Crippen LogP contribution in [0.5, 0.6) is 17.2 Å². The minimum Gasteiger partial charge on any atom is -0.493 e. The second kappa shape index (κ2) is 12.5. The molecular weight excluding hydrogens is 448 g/mol. The Balaban J connectivity index is 2.03.